The Labute approximate surface area is 114 Å². The molecule has 0 spiro atoms. The van der Waals surface area contributed by atoms with Crippen molar-refractivity contribution in [3.8, 4) is 5.75 Å². The zero-order valence-electron chi connectivity index (χ0n) is 11.7. The van der Waals surface area contributed by atoms with Crippen molar-refractivity contribution in [3.05, 3.63) is 29.8 Å². The van der Waals surface area contributed by atoms with Crippen LogP contribution in [0.2, 0.25) is 0 Å². The van der Waals surface area contributed by atoms with Crippen LogP contribution in [0, 0.1) is 5.92 Å². The van der Waals surface area contributed by atoms with E-state index in [1.807, 2.05) is 45.2 Å². The quantitative estimate of drug-likeness (QED) is 0.856. The van der Waals surface area contributed by atoms with Gasteiger partial charge in [0.25, 0.3) is 0 Å². The van der Waals surface area contributed by atoms with Crippen LogP contribution in [0.1, 0.15) is 25.8 Å². The highest BCUT2D eigenvalue weighted by Crippen LogP contribution is 2.35. The second kappa shape index (κ2) is 5.61. The third-order valence-corrected chi connectivity index (χ3v) is 3.37. The van der Waals surface area contributed by atoms with E-state index in [1.165, 1.54) is 5.56 Å². The number of aliphatic carboxylic acids is 1. The van der Waals surface area contributed by atoms with Crippen LogP contribution in [0.4, 0.5) is 0 Å². The third-order valence-electron chi connectivity index (χ3n) is 3.37. The molecule has 0 radical (unpaired) electrons. The molecule has 19 heavy (non-hydrogen) atoms. The summed E-state index contributed by atoms with van der Waals surface area (Å²) < 4.78 is 5.59. The fourth-order valence-corrected chi connectivity index (χ4v) is 2.28. The summed E-state index contributed by atoms with van der Waals surface area (Å²) in [5.74, 6) is 0.00214. The summed E-state index contributed by atoms with van der Waals surface area (Å²) in [6.07, 6.45) is 0.941. The van der Waals surface area contributed by atoms with Gasteiger partial charge < -0.3 is 9.84 Å². The fraction of sp³-hybridized carbons (Fsp3) is 0.533. The SMILES string of the molecule is CC(C)Oc1ccc(CN(C)C2CC2C(=O)O)cc1. The average Bonchev–Trinajstić information content (AvgIpc) is 3.11. The number of hydrogen-bond acceptors (Lipinski definition) is 3. The molecule has 1 aliphatic carbocycles. The van der Waals surface area contributed by atoms with Crippen molar-refractivity contribution in [1.82, 2.24) is 4.90 Å². The Balaban J connectivity index is 1.88. The highest BCUT2D eigenvalue weighted by atomic mass is 16.5. The molecule has 2 atom stereocenters. The van der Waals surface area contributed by atoms with E-state index in [0.717, 1.165) is 18.7 Å². The van der Waals surface area contributed by atoms with E-state index >= 15 is 0 Å². The van der Waals surface area contributed by atoms with Gasteiger partial charge in [-0.25, -0.2) is 0 Å². The van der Waals surface area contributed by atoms with Crippen molar-refractivity contribution >= 4 is 5.97 Å². The molecule has 0 amide bonds. The predicted octanol–water partition coefficient (Wildman–Crippen LogP) is 2.38. The van der Waals surface area contributed by atoms with Crippen LogP contribution in [0.5, 0.6) is 5.75 Å². The minimum absolute atomic E-state index is 0.177. The number of carboxylic acids is 1. The molecule has 1 aliphatic rings. The first-order valence-electron chi connectivity index (χ1n) is 6.66. The van der Waals surface area contributed by atoms with Crippen LogP contribution in [-0.2, 0) is 11.3 Å². The molecule has 4 nitrogen and oxygen atoms in total. The van der Waals surface area contributed by atoms with Gasteiger partial charge in [-0.2, -0.15) is 0 Å². The zero-order valence-corrected chi connectivity index (χ0v) is 11.7. The molecule has 1 fully saturated rings. The van der Waals surface area contributed by atoms with Gasteiger partial charge >= 0.3 is 5.97 Å². The van der Waals surface area contributed by atoms with Crippen LogP contribution in [-0.4, -0.2) is 35.2 Å². The van der Waals surface area contributed by atoms with Crippen LogP contribution in [0.25, 0.3) is 0 Å². The molecule has 2 unspecified atom stereocenters. The van der Waals surface area contributed by atoms with E-state index < -0.39 is 5.97 Å². The number of hydrogen-bond donors (Lipinski definition) is 1. The number of benzene rings is 1. The van der Waals surface area contributed by atoms with E-state index in [9.17, 15) is 4.79 Å². The monoisotopic (exact) mass is 263 g/mol. The van der Waals surface area contributed by atoms with Crippen molar-refractivity contribution in [3.63, 3.8) is 0 Å². The molecule has 0 heterocycles. The molecule has 4 heteroatoms. The van der Waals surface area contributed by atoms with Crippen molar-refractivity contribution in [2.45, 2.75) is 39.0 Å². The van der Waals surface area contributed by atoms with Gasteiger partial charge in [-0.05, 0) is 45.0 Å². The molecule has 0 aromatic heterocycles. The minimum Gasteiger partial charge on any atom is -0.491 e. The zero-order chi connectivity index (χ0) is 14.0. The maximum Gasteiger partial charge on any atom is 0.308 e. The number of rotatable bonds is 6. The summed E-state index contributed by atoms with van der Waals surface area (Å²) in [6, 6.07) is 8.18. The van der Waals surface area contributed by atoms with Crippen molar-refractivity contribution < 1.29 is 14.6 Å². The lowest BCUT2D eigenvalue weighted by atomic mass is 10.2. The first-order chi connectivity index (χ1) is 8.97. The number of nitrogens with zero attached hydrogens (tertiary/aromatic N) is 1. The summed E-state index contributed by atoms with van der Waals surface area (Å²) in [4.78, 5) is 12.9. The van der Waals surface area contributed by atoms with Gasteiger partial charge in [0.15, 0.2) is 0 Å². The van der Waals surface area contributed by atoms with Crippen molar-refractivity contribution in [1.29, 1.82) is 0 Å². The van der Waals surface area contributed by atoms with E-state index in [1.54, 1.807) is 0 Å². The molecule has 1 N–H and O–H groups in total. The number of carboxylic acid groups (broad SMARTS) is 1. The molecule has 104 valence electrons. The smallest absolute Gasteiger partial charge is 0.308 e. The van der Waals surface area contributed by atoms with Gasteiger partial charge in [0.1, 0.15) is 5.75 Å². The molecule has 0 aliphatic heterocycles. The molecular weight excluding hydrogens is 242 g/mol. The van der Waals surface area contributed by atoms with Gasteiger partial charge in [0.05, 0.1) is 12.0 Å². The lowest BCUT2D eigenvalue weighted by Gasteiger charge is -2.17. The summed E-state index contributed by atoms with van der Waals surface area (Å²) in [5.41, 5.74) is 1.18. The van der Waals surface area contributed by atoms with E-state index in [2.05, 4.69) is 4.90 Å². The van der Waals surface area contributed by atoms with Gasteiger partial charge in [0, 0.05) is 12.6 Å². The Morgan fingerprint density at radius 1 is 1.42 bits per heavy atom. The Kier molecular flexibility index (Phi) is 4.10. The largest absolute Gasteiger partial charge is 0.491 e. The lowest BCUT2D eigenvalue weighted by molar-refractivity contribution is -0.138. The van der Waals surface area contributed by atoms with Crippen LogP contribution >= 0.6 is 0 Å². The normalized spacial score (nSPS) is 21.7. The van der Waals surface area contributed by atoms with E-state index in [0.29, 0.717) is 0 Å². The van der Waals surface area contributed by atoms with Gasteiger partial charge in [-0.15, -0.1) is 0 Å². The first-order valence-corrected chi connectivity index (χ1v) is 6.66. The molecular formula is C15H21NO3. The topological polar surface area (TPSA) is 49.8 Å². The van der Waals surface area contributed by atoms with Gasteiger partial charge in [0.2, 0.25) is 0 Å². The molecule has 1 aromatic rings. The molecule has 1 aromatic carbocycles. The highest BCUT2D eigenvalue weighted by molar-refractivity contribution is 5.74. The second-order valence-corrected chi connectivity index (χ2v) is 5.47. The Morgan fingerprint density at radius 2 is 2.05 bits per heavy atom. The summed E-state index contributed by atoms with van der Waals surface area (Å²) in [7, 11) is 1.98. The summed E-state index contributed by atoms with van der Waals surface area (Å²) >= 11 is 0. The highest BCUT2D eigenvalue weighted by Gasteiger charge is 2.45. The average molecular weight is 263 g/mol. The number of carbonyl (C=O) groups is 1. The van der Waals surface area contributed by atoms with E-state index in [-0.39, 0.29) is 18.1 Å². The minimum atomic E-state index is -0.683. The van der Waals surface area contributed by atoms with E-state index in [4.69, 9.17) is 9.84 Å². The van der Waals surface area contributed by atoms with Crippen molar-refractivity contribution in [2.24, 2.45) is 5.92 Å². The Bertz CT molecular complexity index is 441. The summed E-state index contributed by atoms with van der Waals surface area (Å²) in [5, 5.41) is 8.92. The summed E-state index contributed by atoms with van der Waals surface area (Å²) in [6.45, 7) is 4.78. The predicted molar refractivity (Wildman–Crippen MR) is 73.2 cm³/mol. The molecule has 0 saturated heterocycles. The van der Waals surface area contributed by atoms with Crippen LogP contribution in [0.3, 0.4) is 0 Å². The van der Waals surface area contributed by atoms with Crippen LogP contribution < -0.4 is 4.74 Å². The van der Waals surface area contributed by atoms with Crippen LogP contribution in [0.15, 0.2) is 24.3 Å². The Morgan fingerprint density at radius 3 is 2.53 bits per heavy atom. The standard InChI is InChI=1S/C15H21NO3/c1-10(2)19-12-6-4-11(5-7-12)9-16(3)14-8-13(14)15(17)18/h4-7,10,13-14H,8-9H2,1-3H3,(H,17,18). The van der Waals surface area contributed by atoms with Gasteiger partial charge in [-0.1, -0.05) is 12.1 Å². The molecule has 0 bridgehead atoms. The number of ether oxygens (including phenoxy) is 1. The lowest BCUT2D eigenvalue weighted by Crippen LogP contribution is -2.23. The molecule has 2 rings (SSSR count). The maximum absolute atomic E-state index is 10.8. The second-order valence-electron chi connectivity index (χ2n) is 5.47. The van der Waals surface area contributed by atoms with Gasteiger partial charge in [-0.3, -0.25) is 9.69 Å². The fourth-order valence-electron chi connectivity index (χ4n) is 2.28. The molecule has 1 saturated carbocycles. The third kappa shape index (κ3) is 3.70. The maximum atomic E-state index is 10.8. The Hall–Kier alpha value is -1.55. The first kappa shape index (κ1) is 13.9. The van der Waals surface area contributed by atoms with Crippen molar-refractivity contribution in [2.75, 3.05) is 7.05 Å².